The third-order valence-electron chi connectivity index (χ3n) is 5.14. The van der Waals surface area contributed by atoms with Crippen LogP contribution < -0.4 is 15.4 Å². The van der Waals surface area contributed by atoms with Gasteiger partial charge >= 0.3 is 0 Å². The Balaban J connectivity index is 1.73. The van der Waals surface area contributed by atoms with E-state index < -0.39 is 6.17 Å². The van der Waals surface area contributed by atoms with Crippen LogP contribution in [0.4, 0.5) is 5.00 Å². The summed E-state index contributed by atoms with van der Waals surface area (Å²) in [5, 5.41) is 18.1. The van der Waals surface area contributed by atoms with Gasteiger partial charge in [0.25, 0.3) is 5.91 Å². The second kappa shape index (κ2) is 7.63. The molecule has 1 amide bonds. The van der Waals surface area contributed by atoms with Crippen molar-refractivity contribution in [2.45, 2.75) is 33.0 Å². The van der Waals surface area contributed by atoms with Crippen molar-refractivity contribution in [2.24, 2.45) is 0 Å². The number of anilines is 1. The van der Waals surface area contributed by atoms with Crippen LogP contribution in [-0.2, 0) is 13.0 Å². The number of fused-ring (bicyclic) bond motifs is 3. The van der Waals surface area contributed by atoms with Gasteiger partial charge in [0, 0.05) is 24.0 Å². The van der Waals surface area contributed by atoms with Crippen molar-refractivity contribution in [1.29, 1.82) is 0 Å². The molecule has 0 aliphatic carbocycles. The van der Waals surface area contributed by atoms with E-state index in [1.165, 1.54) is 10.9 Å². The Kier molecular flexibility index (Phi) is 5.35. The molecule has 2 aliphatic rings. The lowest BCUT2D eigenvalue weighted by Crippen LogP contribution is -2.39. The van der Waals surface area contributed by atoms with E-state index in [0.29, 0.717) is 17.7 Å². The first-order valence-corrected chi connectivity index (χ1v) is 10.8. The number of phenols is 1. The molecule has 3 N–H and O–H groups in total. The highest BCUT2D eigenvalue weighted by molar-refractivity contribution is 7.16. The molecule has 2 aliphatic heterocycles. The van der Waals surface area contributed by atoms with Crippen molar-refractivity contribution in [1.82, 2.24) is 10.2 Å². The van der Waals surface area contributed by atoms with E-state index in [1.807, 2.05) is 6.92 Å². The SMILES string of the molecule is CCOc1cc(Cl)c(Cl)c([C@@H]2NC(=O)c3c(sc4c3CCN(CC)C4)N2)c1O. The van der Waals surface area contributed by atoms with E-state index in [1.54, 1.807) is 11.3 Å². The van der Waals surface area contributed by atoms with E-state index in [9.17, 15) is 9.90 Å². The van der Waals surface area contributed by atoms with Crippen molar-refractivity contribution in [3.8, 4) is 11.5 Å². The molecule has 1 aromatic carbocycles. The number of rotatable bonds is 4. The van der Waals surface area contributed by atoms with Gasteiger partial charge in [-0.2, -0.15) is 0 Å². The molecular weight excluding hydrogens is 421 g/mol. The van der Waals surface area contributed by atoms with E-state index in [-0.39, 0.29) is 27.5 Å². The summed E-state index contributed by atoms with van der Waals surface area (Å²) in [5.74, 6) is -0.0663. The molecule has 0 radical (unpaired) electrons. The monoisotopic (exact) mass is 441 g/mol. The second-order valence-electron chi connectivity index (χ2n) is 6.74. The number of carbonyl (C=O) groups excluding carboxylic acids is 1. The number of thiophene rings is 1. The number of likely N-dealkylation sites (N-methyl/N-ethyl adjacent to an activating group) is 1. The molecule has 0 unspecified atom stereocenters. The summed E-state index contributed by atoms with van der Waals surface area (Å²) in [7, 11) is 0. The van der Waals surface area contributed by atoms with Gasteiger partial charge < -0.3 is 20.5 Å². The Bertz CT molecular complexity index is 947. The number of benzene rings is 1. The number of hydrogen-bond donors (Lipinski definition) is 3. The van der Waals surface area contributed by atoms with E-state index >= 15 is 0 Å². The zero-order chi connectivity index (χ0) is 20.0. The van der Waals surface area contributed by atoms with Crippen LogP contribution in [0.3, 0.4) is 0 Å². The maximum atomic E-state index is 12.9. The first-order valence-electron chi connectivity index (χ1n) is 9.22. The van der Waals surface area contributed by atoms with Crippen LogP contribution in [0.15, 0.2) is 6.07 Å². The minimum absolute atomic E-state index is 0.129. The summed E-state index contributed by atoms with van der Waals surface area (Å²) in [5.41, 5.74) is 2.12. The quantitative estimate of drug-likeness (QED) is 0.655. The van der Waals surface area contributed by atoms with Gasteiger partial charge in [-0.1, -0.05) is 30.1 Å². The Morgan fingerprint density at radius 2 is 2.14 bits per heavy atom. The lowest BCUT2D eigenvalue weighted by molar-refractivity contribution is 0.0934. The average Bonchev–Trinajstić information content (AvgIpc) is 3.04. The second-order valence-corrected chi connectivity index (χ2v) is 8.63. The fraction of sp³-hybridized carbons (Fsp3) is 0.421. The first-order chi connectivity index (χ1) is 13.4. The van der Waals surface area contributed by atoms with Crippen LogP contribution >= 0.6 is 34.5 Å². The summed E-state index contributed by atoms with van der Waals surface area (Å²) >= 11 is 14.2. The fourth-order valence-electron chi connectivity index (χ4n) is 3.72. The highest BCUT2D eigenvalue weighted by Gasteiger charge is 2.35. The Morgan fingerprint density at radius 3 is 2.86 bits per heavy atom. The summed E-state index contributed by atoms with van der Waals surface area (Å²) in [6.45, 7) is 7.09. The molecule has 0 spiro atoms. The van der Waals surface area contributed by atoms with Crippen LogP contribution in [0.5, 0.6) is 11.5 Å². The van der Waals surface area contributed by atoms with Gasteiger partial charge in [0.2, 0.25) is 0 Å². The molecule has 1 aromatic heterocycles. The topological polar surface area (TPSA) is 73.8 Å². The third-order valence-corrected chi connectivity index (χ3v) is 7.09. The highest BCUT2D eigenvalue weighted by atomic mass is 35.5. The highest BCUT2D eigenvalue weighted by Crippen LogP contribution is 2.47. The predicted octanol–water partition coefficient (Wildman–Crippen LogP) is 4.39. The van der Waals surface area contributed by atoms with Crippen LogP contribution in [-0.4, -0.2) is 35.6 Å². The van der Waals surface area contributed by atoms with Gasteiger partial charge in [-0.25, -0.2) is 0 Å². The van der Waals surface area contributed by atoms with Crippen molar-refractivity contribution in [3.63, 3.8) is 0 Å². The van der Waals surface area contributed by atoms with Crippen molar-refractivity contribution >= 4 is 45.4 Å². The van der Waals surface area contributed by atoms with E-state index in [2.05, 4.69) is 22.5 Å². The van der Waals surface area contributed by atoms with Crippen LogP contribution in [0.25, 0.3) is 0 Å². The summed E-state index contributed by atoms with van der Waals surface area (Å²) < 4.78 is 5.45. The standard InChI is InChI=1S/C19H21Cl2N3O3S/c1-3-24-6-5-9-12(8-24)28-19-13(9)18(26)22-17(23-19)14-15(21)10(20)7-11(16(14)25)27-4-2/h7,17,23,25H,3-6,8H2,1-2H3,(H,22,26)/t17-/m1/s1. The molecule has 150 valence electrons. The lowest BCUT2D eigenvalue weighted by Gasteiger charge is -2.29. The summed E-state index contributed by atoms with van der Waals surface area (Å²) in [6.07, 6.45) is 0.152. The largest absolute Gasteiger partial charge is 0.504 e. The fourth-order valence-corrected chi connectivity index (χ4v) is 5.49. The number of aromatic hydroxyl groups is 1. The molecule has 6 nitrogen and oxygen atoms in total. The molecular formula is C19H21Cl2N3O3S. The molecule has 0 saturated carbocycles. The predicted molar refractivity (Wildman–Crippen MR) is 112 cm³/mol. The number of hydrogen-bond acceptors (Lipinski definition) is 6. The molecule has 4 rings (SSSR count). The minimum atomic E-state index is -0.701. The number of phenolic OH excluding ortho intramolecular Hbond substituents is 1. The average molecular weight is 442 g/mol. The molecule has 1 atom stereocenters. The molecule has 0 saturated heterocycles. The lowest BCUT2D eigenvalue weighted by atomic mass is 10.00. The van der Waals surface area contributed by atoms with Gasteiger partial charge in [-0.15, -0.1) is 11.3 Å². The van der Waals surface area contributed by atoms with E-state index in [0.717, 1.165) is 36.6 Å². The molecule has 0 fully saturated rings. The van der Waals surface area contributed by atoms with Crippen molar-refractivity contribution < 1.29 is 14.6 Å². The maximum Gasteiger partial charge on any atom is 0.256 e. The van der Waals surface area contributed by atoms with Crippen molar-refractivity contribution in [2.75, 3.05) is 25.0 Å². The molecule has 3 heterocycles. The van der Waals surface area contributed by atoms with Gasteiger partial charge in [-0.3, -0.25) is 9.69 Å². The number of nitrogens with zero attached hydrogens (tertiary/aromatic N) is 1. The van der Waals surface area contributed by atoms with Gasteiger partial charge in [-0.05, 0) is 25.5 Å². The summed E-state index contributed by atoms with van der Waals surface area (Å²) in [4.78, 5) is 16.5. The third kappa shape index (κ3) is 3.20. The zero-order valence-corrected chi connectivity index (χ0v) is 17.9. The maximum absolute atomic E-state index is 12.9. The van der Waals surface area contributed by atoms with Crippen LogP contribution in [0, 0.1) is 0 Å². The Labute approximate surface area is 177 Å². The van der Waals surface area contributed by atoms with Gasteiger partial charge in [0.1, 0.15) is 11.2 Å². The molecule has 0 bridgehead atoms. The Morgan fingerprint density at radius 1 is 1.36 bits per heavy atom. The number of amides is 1. The Hall–Kier alpha value is -1.67. The van der Waals surface area contributed by atoms with E-state index in [4.69, 9.17) is 27.9 Å². The summed E-state index contributed by atoms with van der Waals surface area (Å²) in [6, 6.07) is 1.48. The molecule has 28 heavy (non-hydrogen) atoms. The van der Waals surface area contributed by atoms with Crippen molar-refractivity contribution in [3.05, 3.63) is 37.7 Å². The number of nitrogens with one attached hydrogen (secondary N) is 2. The number of carbonyl (C=O) groups is 1. The zero-order valence-electron chi connectivity index (χ0n) is 15.6. The van der Waals surface area contributed by atoms with Gasteiger partial charge in [0.05, 0.1) is 27.8 Å². The minimum Gasteiger partial charge on any atom is -0.504 e. The first kappa shape index (κ1) is 19.6. The number of ether oxygens (including phenoxy) is 1. The van der Waals surface area contributed by atoms with Crippen LogP contribution in [0.2, 0.25) is 10.0 Å². The molecule has 2 aromatic rings. The van der Waals surface area contributed by atoms with Gasteiger partial charge in [0.15, 0.2) is 11.5 Å². The van der Waals surface area contributed by atoms with Crippen LogP contribution in [0.1, 0.15) is 46.4 Å². The number of halogens is 2. The smallest absolute Gasteiger partial charge is 0.256 e. The normalized spacial score (nSPS) is 18.9. The molecule has 9 heteroatoms.